The Morgan fingerprint density at radius 2 is 1.94 bits per heavy atom. The monoisotopic (exact) mass is 464 g/mol. The third-order valence-electron chi connectivity index (χ3n) is 5.99. The van der Waals surface area contributed by atoms with Crippen molar-refractivity contribution >= 4 is 11.7 Å². The van der Waals surface area contributed by atoms with Gasteiger partial charge in [0.15, 0.2) is 5.82 Å². The molecule has 1 amide bonds. The molecule has 2 fully saturated rings. The number of carbonyl (C=O) groups excluding carboxylic acids is 1. The third kappa shape index (κ3) is 5.93. The molecule has 2 atom stereocenters. The van der Waals surface area contributed by atoms with Crippen LogP contribution < -0.4 is 15.0 Å². The summed E-state index contributed by atoms with van der Waals surface area (Å²) in [6, 6.07) is 5.30. The van der Waals surface area contributed by atoms with Crippen LogP contribution in [0.4, 0.5) is 19.0 Å². The maximum Gasteiger partial charge on any atom is 0.573 e. The van der Waals surface area contributed by atoms with Crippen molar-refractivity contribution in [3.05, 3.63) is 36.2 Å². The number of halogens is 3. The van der Waals surface area contributed by atoms with E-state index in [9.17, 15) is 23.1 Å². The fourth-order valence-corrected chi connectivity index (χ4v) is 4.12. The number of benzene rings is 1. The first-order chi connectivity index (χ1) is 15.7. The van der Waals surface area contributed by atoms with Crippen LogP contribution >= 0.6 is 0 Å². The van der Waals surface area contributed by atoms with Crippen molar-refractivity contribution in [2.75, 3.05) is 18.5 Å². The Morgan fingerprint density at radius 1 is 1.21 bits per heavy atom. The zero-order valence-corrected chi connectivity index (χ0v) is 18.3. The second-order valence-corrected chi connectivity index (χ2v) is 8.73. The number of aliphatic hydroxyl groups excluding tert-OH is 1. The van der Waals surface area contributed by atoms with Gasteiger partial charge in [-0.1, -0.05) is 25.0 Å². The molecule has 4 rings (SSSR count). The number of hydrogen-bond acceptors (Lipinski definition) is 6. The van der Waals surface area contributed by atoms with Crippen LogP contribution in [0.2, 0.25) is 0 Å². The molecule has 2 saturated carbocycles. The molecule has 0 radical (unpaired) electrons. The van der Waals surface area contributed by atoms with Crippen molar-refractivity contribution in [1.29, 1.82) is 0 Å². The van der Waals surface area contributed by atoms with Crippen LogP contribution in [0, 0.1) is 5.92 Å². The van der Waals surface area contributed by atoms with E-state index in [1.807, 2.05) is 4.90 Å². The molecule has 1 aromatic heterocycles. The molecule has 178 valence electrons. The lowest BCUT2D eigenvalue weighted by Crippen LogP contribution is -2.45. The van der Waals surface area contributed by atoms with Crippen LogP contribution in [0.3, 0.4) is 0 Å². The van der Waals surface area contributed by atoms with Gasteiger partial charge in [0.05, 0.1) is 18.3 Å². The highest BCUT2D eigenvalue weighted by Gasteiger charge is 2.33. The molecule has 2 aromatic rings. The molecule has 2 aliphatic carbocycles. The van der Waals surface area contributed by atoms with E-state index in [0.29, 0.717) is 31.1 Å². The normalized spacial score (nSPS) is 20.9. The first-order valence-electron chi connectivity index (χ1n) is 11.1. The minimum atomic E-state index is -4.88. The minimum absolute atomic E-state index is 0.0341. The molecule has 33 heavy (non-hydrogen) atoms. The SMILES string of the molecule is CN(CC1CC1)c1ncc(C(=O)N[C@@H]2CCCC[C@H]2O)nc1-c1ccccc1OC(F)(F)F. The summed E-state index contributed by atoms with van der Waals surface area (Å²) >= 11 is 0. The van der Waals surface area contributed by atoms with E-state index in [1.165, 1.54) is 24.4 Å². The predicted octanol–water partition coefficient (Wildman–Crippen LogP) is 3.92. The average molecular weight is 464 g/mol. The number of anilines is 1. The van der Waals surface area contributed by atoms with Crippen molar-refractivity contribution in [1.82, 2.24) is 15.3 Å². The number of aliphatic hydroxyl groups is 1. The number of amides is 1. The van der Waals surface area contributed by atoms with Crippen LogP contribution in [0.15, 0.2) is 30.5 Å². The van der Waals surface area contributed by atoms with Crippen molar-refractivity contribution in [2.24, 2.45) is 5.92 Å². The topological polar surface area (TPSA) is 87.6 Å². The molecule has 2 N–H and O–H groups in total. The number of carbonyl (C=O) groups is 1. The van der Waals surface area contributed by atoms with Gasteiger partial charge in [-0.3, -0.25) is 4.79 Å². The van der Waals surface area contributed by atoms with E-state index in [1.54, 1.807) is 13.1 Å². The maximum atomic E-state index is 13.0. The van der Waals surface area contributed by atoms with Gasteiger partial charge in [-0.25, -0.2) is 9.97 Å². The van der Waals surface area contributed by atoms with Crippen LogP contribution in [0.5, 0.6) is 5.75 Å². The Kier molecular flexibility index (Phi) is 6.73. The largest absolute Gasteiger partial charge is 0.573 e. The van der Waals surface area contributed by atoms with Gasteiger partial charge in [-0.15, -0.1) is 13.2 Å². The first kappa shape index (κ1) is 23.3. The van der Waals surface area contributed by atoms with E-state index in [-0.39, 0.29) is 17.0 Å². The lowest BCUT2D eigenvalue weighted by Gasteiger charge is -2.28. The molecule has 2 aliphatic rings. The van der Waals surface area contributed by atoms with Gasteiger partial charge in [0.1, 0.15) is 17.1 Å². The fourth-order valence-electron chi connectivity index (χ4n) is 4.12. The number of hydrogen-bond donors (Lipinski definition) is 2. The fraction of sp³-hybridized carbons (Fsp3) is 0.522. The predicted molar refractivity (Wildman–Crippen MR) is 116 cm³/mol. The van der Waals surface area contributed by atoms with Gasteiger partial charge in [-0.2, -0.15) is 0 Å². The van der Waals surface area contributed by atoms with Gasteiger partial charge in [0.25, 0.3) is 5.91 Å². The molecule has 0 saturated heterocycles. The highest BCUT2D eigenvalue weighted by Crippen LogP contribution is 2.38. The summed E-state index contributed by atoms with van der Waals surface area (Å²) in [5.41, 5.74) is 0.190. The molecule has 0 bridgehead atoms. The number of nitrogens with one attached hydrogen (secondary N) is 1. The van der Waals surface area contributed by atoms with Crippen LogP contribution in [0.25, 0.3) is 11.3 Å². The van der Waals surface area contributed by atoms with Gasteiger partial charge >= 0.3 is 6.36 Å². The van der Waals surface area contributed by atoms with E-state index < -0.39 is 30.2 Å². The highest BCUT2D eigenvalue weighted by atomic mass is 19.4. The van der Waals surface area contributed by atoms with Gasteiger partial charge in [0, 0.05) is 19.2 Å². The van der Waals surface area contributed by atoms with E-state index >= 15 is 0 Å². The lowest BCUT2D eigenvalue weighted by molar-refractivity contribution is -0.274. The second kappa shape index (κ2) is 9.54. The zero-order valence-electron chi connectivity index (χ0n) is 18.3. The summed E-state index contributed by atoms with van der Waals surface area (Å²) in [6.07, 6.45) is 1.03. The second-order valence-electron chi connectivity index (χ2n) is 8.73. The molecular weight excluding hydrogens is 437 g/mol. The quantitative estimate of drug-likeness (QED) is 0.646. The van der Waals surface area contributed by atoms with Crippen molar-refractivity contribution < 1.29 is 27.8 Å². The molecule has 0 spiro atoms. The van der Waals surface area contributed by atoms with Gasteiger partial charge in [0.2, 0.25) is 0 Å². The van der Waals surface area contributed by atoms with Gasteiger partial charge < -0.3 is 20.1 Å². The van der Waals surface area contributed by atoms with Crippen molar-refractivity contribution in [2.45, 2.75) is 57.0 Å². The van der Waals surface area contributed by atoms with Crippen LogP contribution in [-0.4, -0.2) is 53.1 Å². The standard InChI is InChI=1S/C23H27F3N4O3/c1-30(13-14-10-11-14)21-20(15-6-2-5-9-19(15)33-23(24,25)26)28-17(12-27-21)22(32)29-16-7-3-4-8-18(16)31/h2,5-6,9,12,14,16,18,31H,3-4,7-8,10-11,13H2,1H3,(H,29,32)/t16-,18-/m1/s1. The summed E-state index contributed by atoms with van der Waals surface area (Å²) < 4.78 is 43.3. The molecular formula is C23H27F3N4O3. The number of para-hydroxylation sites is 1. The Labute approximate surface area is 190 Å². The van der Waals surface area contributed by atoms with Crippen molar-refractivity contribution in [3.63, 3.8) is 0 Å². The minimum Gasteiger partial charge on any atom is -0.405 e. The molecule has 0 aliphatic heterocycles. The molecule has 1 aromatic carbocycles. The molecule has 0 unspecified atom stereocenters. The van der Waals surface area contributed by atoms with Crippen LogP contribution in [0.1, 0.15) is 49.0 Å². The Balaban J connectivity index is 1.69. The van der Waals surface area contributed by atoms with E-state index in [2.05, 4.69) is 20.0 Å². The smallest absolute Gasteiger partial charge is 0.405 e. The Morgan fingerprint density at radius 3 is 2.64 bits per heavy atom. The maximum absolute atomic E-state index is 13.0. The summed E-state index contributed by atoms with van der Waals surface area (Å²) in [5.74, 6) is -0.0718. The Bertz CT molecular complexity index is 997. The number of aromatic nitrogens is 2. The van der Waals surface area contributed by atoms with E-state index in [4.69, 9.17) is 0 Å². The first-order valence-corrected chi connectivity index (χ1v) is 11.1. The Hall–Kier alpha value is -2.88. The highest BCUT2D eigenvalue weighted by molar-refractivity contribution is 5.93. The zero-order chi connectivity index (χ0) is 23.6. The summed E-state index contributed by atoms with van der Waals surface area (Å²) in [4.78, 5) is 23.6. The van der Waals surface area contributed by atoms with Crippen LogP contribution in [-0.2, 0) is 0 Å². The van der Waals surface area contributed by atoms with Gasteiger partial charge in [-0.05, 0) is 43.7 Å². The van der Waals surface area contributed by atoms with Crippen molar-refractivity contribution in [3.8, 4) is 17.0 Å². The lowest BCUT2D eigenvalue weighted by atomic mass is 9.92. The molecule has 7 nitrogen and oxygen atoms in total. The summed E-state index contributed by atoms with van der Waals surface area (Å²) in [5, 5.41) is 13.0. The number of ether oxygens (including phenoxy) is 1. The number of rotatable bonds is 7. The summed E-state index contributed by atoms with van der Waals surface area (Å²) in [7, 11) is 1.80. The average Bonchev–Trinajstić information content (AvgIpc) is 3.58. The molecule has 10 heteroatoms. The summed E-state index contributed by atoms with van der Waals surface area (Å²) in [6.45, 7) is 0.684. The molecule has 1 heterocycles. The number of nitrogens with zero attached hydrogens (tertiary/aromatic N) is 3. The number of alkyl halides is 3. The van der Waals surface area contributed by atoms with E-state index in [0.717, 1.165) is 25.7 Å². The third-order valence-corrected chi connectivity index (χ3v) is 5.99.